The average molecular weight is 491 g/mol. The van der Waals surface area contributed by atoms with Crippen molar-refractivity contribution in [1.29, 1.82) is 0 Å². The summed E-state index contributed by atoms with van der Waals surface area (Å²) in [5.74, 6) is 8.04. The van der Waals surface area contributed by atoms with Crippen molar-refractivity contribution in [3.05, 3.63) is 33.6 Å². The molecule has 0 radical (unpaired) electrons. The summed E-state index contributed by atoms with van der Waals surface area (Å²) in [5.41, 5.74) is 5.25. The van der Waals surface area contributed by atoms with E-state index >= 15 is 0 Å². The fraction of sp³-hybridized carbons (Fsp3) is 0.591. The van der Waals surface area contributed by atoms with Crippen molar-refractivity contribution in [2.24, 2.45) is 16.9 Å². The molecule has 0 bridgehead atoms. The van der Waals surface area contributed by atoms with E-state index < -0.39 is 0 Å². The van der Waals surface area contributed by atoms with E-state index in [0.717, 1.165) is 57.5 Å². The van der Waals surface area contributed by atoms with Gasteiger partial charge in [-0.15, -0.1) is 10.2 Å². The van der Waals surface area contributed by atoms with Crippen molar-refractivity contribution < 1.29 is 17.3 Å². The van der Waals surface area contributed by atoms with Gasteiger partial charge in [0.05, 0.1) is 11.1 Å². The minimum Gasteiger partial charge on any atom is -1.00 e. The summed E-state index contributed by atoms with van der Waals surface area (Å²) >= 11 is 0. The molecule has 1 aromatic carbocycles. The Bertz CT molecular complexity index is 1030. The van der Waals surface area contributed by atoms with Crippen LogP contribution < -0.4 is 33.5 Å². The molecule has 186 valence electrons. The lowest BCUT2D eigenvalue weighted by molar-refractivity contribution is -0.384. The first-order valence-corrected chi connectivity index (χ1v) is 11.6. The molecule has 0 amide bonds. The zero-order valence-corrected chi connectivity index (χ0v) is 20.7. The Kier molecular flexibility index (Phi) is 8.19. The van der Waals surface area contributed by atoms with Gasteiger partial charge in [0.1, 0.15) is 5.69 Å². The smallest absolute Gasteiger partial charge is 0.293 e. The standard InChI is InChI=1S/C22H33N9O2.ClH/c1-15-4-8-28(9-5-15)19-13-20(29-10-6-16(2)7-11-29)21(31(32)33)12-18(19)14-24-26-22-27-25-17(3)30(22)23;/h12-16H,4-11,23H2,1-3H3,(H,26,27);1H/p-1. The molecule has 0 spiro atoms. The van der Waals surface area contributed by atoms with Crippen molar-refractivity contribution in [2.45, 2.75) is 46.5 Å². The lowest BCUT2D eigenvalue weighted by atomic mass is 9.96. The fourth-order valence-corrected chi connectivity index (χ4v) is 4.46. The zero-order valence-electron chi connectivity index (χ0n) is 19.9. The van der Waals surface area contributed by atoms with E-state index in [1.54, 1.807) is 19.2 Å². The van der Waals surface area contributed by atoms with Crippen LogP contribution in [0.4, 0.5) is 23.0 Å². The fourth-order valence-electron chi connectivity index (χ4n) is 4.46. The quantitative estimate of drug-likeness (QED) is 0.253. The van der Waals surface area contributed by atoms with Crippen LogP contribution in [-0.2, 0) is 0 Å². The van der Waals surface area contributed by atoms with Crippen molar-refractivity contribution in [1.82, 2.24) is 14.9 Å². The molecule has 0 aliphatic carbocycles. The summed E-state index contributed by atoms with van der Waals surface area (Å²) in [6.07, 6.45) is 5.88. The van der Waals surface area contributed by atoms with Gasteiger partial charge in [-0.1, -0.05) is 13.8 Å². The molecule has 2 saturated heterocycles. The third-order valence-electron chi connectivity index (χ3n) is 6.80. The summed E-state index contributed by atoms with van der Waals surface area (Å²) in [5, 5.41) is 24.1. The van der Waals surface area contributed by atoms with Gasteiger partial charge in [0.15, 0.2) is 5.82 Å². The molecule has 12 heteroatoms. The maximum Gasteiger partial charge on any atom is 0.293 e. The highest BCUT2D eigenvalue weighted by molar-refractivity contribution is 5.92. The lowest BCUT2D eigenvalue weighted by Crippen LogP contribution is -3.00. The number of nitrogens with zero attached hydrogens (tertiary/aromatic N) is 7. The Morgan fingerprint density at radius 1 is 1.06 bits per heavy atom. The van der Waals surface area contributed by atoms with Gasteiger partial charge in [-0.05, 0) is 50.5 Å². The normalized spacial score (nSPS) is 17.7. The van der Waals surface area contributed by atoms with Crippen LogP contribution in [0, 0.1) is 28.9 Å². The zero-order chi connectivity index (χ0) is 23.5. The van der Waals surface area contributed by atoms with Gasteiger partial charge < -0.3 is 28.0 Å². The van der Waals surface area contributed by atoms with Crippen molar-refractivity contribution in [2.75, 3.05) is 47.2 Å². The second-order valence-corrected chi connectivity index (χ2v) is 9.31. The second kappa shape index (κ2) is 10.9. The Morgan fingerprint density at radius 2 is 1.62 bits per heavy atom. The van der Waals surface area contributed by atoms with Crippen LogP contribution >= 0.6 is 0 Å². The summed E-state index contributed by atoms with van der Waals surface area (Å²) in [6.45, 7) is 9.74. The number of aryl methyl sites for hydroxylation is 1. The number of nitro groups is 1. The number of hydrazone groups is 1. The summed E-state index contributed by atoms with van der Waals surface area (Å²) in [7, 11) is 0. The van der Waals surface area contributed by atoms with E-state index in [2.05, 4.69) is 44.4 Å². The van der Waals surface area contributed by atoms with Crippen molar-refractivity contribution >= 4 is 29.2 Å². The van der Waals surface area contributed by atoms with Crippen LogP contribution in [0.15, 0.2) is 17.2 Å². The van der Waals surface area contributed by atoms with Crippen LogP contribution in [0.25, 0.3) is 0 Å². The highest BCUT2D eigenvalue weighted by atomic mass is 35.5. The number of hydrogen-bond acceptors (Lipinski definition) is 9. The largest absolute Gasteiger partial charge is 1.00 e. The van der Waals surface area contributed by atoms with Crippen LogP contribution in [0.1, 0.15) is 50.9 Å². The summed E-state index contributed by atoms with van der Waals surface area (Å²) in [6, 6.07) is 3.63. The third-order valence-corrected chi connectivity index (χ3v) is 6.80. The van der Waals surface area contributed by atoms with E-state index in [4.69, 9.17) is 5.84 Å². The molecule has 2 aliphatic rings. The maximum atomic E-state index is 12.0. The van der Waals surface area contributed by atoms with E-state index in [1.807, 2.05) is 6.07 Å². The Hall–Kier alpha value is -3.08. The molecular formula is C22H33ClN9O2-. The van der Waals surface area contributed by atoms with Crippen molar-refractivity contribution in [3.8, 4) is 0 Å². The molecule has 4 rings (SSSR count). The number of aromatic nitrogens is 3. The minimum absolute atomic E-state index is 0. The summed E-state index contributed by atoms with van der Waals surface area (Å²) < 4.78 is 1.30. The van der Waals surface area contributed by atoms with E-state index in [0.29, 0.717) is 34.9 Å². The molecule has 0 unspecified atom stereocenters. The molecule has 11 nitrogen and oxygen atoms in total. The van der Waals surface area contributed by atoms with Crippen LogP contribution in [0.5, 0.6) is 0 Å². The molecule has 2 aliphatic heterocycles. The molecule has 0 saturated carbocycles. The van der Waals surface area contributed by atoms with E-state index in [-0.39, 0.29) is 23.0 Å². The molecule has 2 fully saturated rings. The van der Waals surface area contributed by atoms with Crippen LogP contribution in [-0.4, -0.2) is 52.2 Å². The first-order chi connectivity index (χ1) is 15.8. The molecule has 2 aromatic rings. The predicted molar refractivity (Wildman–Crippen MR) is 130 cm³/mol. The molecular weight excluding hydrogens is 458 g/mol. The molecule has 0 atom stereocenters. The first-order valence-electron chi connectivity index (χ1n) is 11.6. The Labute approximate surface area is 205 Å². The van der Waals surface area contributed by atoms with E-state index in [1.165, 1.54) is 4.68 Å². The van der Waals surface area contributed by atoms with Gasteiger partial charge >= 0.3 is 0 Å². The molecule has 3 heterocycles. The number of halogens is 1. The number of nitrogens with two attached hydrogens (primary N) is 1. The third kappa shape index (κ3) is 5.52. The van der Waals surface area contributed by atoms with Crippen LogP contribution in [0.3, 0.4) is 0 Å². The molecule has 34 heavy (non-hydrogen) atoms. The Balaban J connectivity index is 0.00000324. The lowest BCUT2D eigenvalue weighted by Gasteiger charge is -2.35. The second-order valence-electron chi connectivity index (χ2n) is 9.31. The maximum absolute atomic E-state index is 12.0. The summed E-state index contributed by atoms with van der Waals surface area (Å²) in [4.78, 5) is 16.2. The highest BCUT2D eigenvalue weighted by Gasteiger charge is 2.27. The van der Waals surface area contributed by atoms with Gasteiger partial charge in [0.25, 0.3) is 11.6 Å². The first kappa shape index (κ1) is 25.5. The number of nitrogen functional groups attached to an aromatic ring is 1. The molecule has 1 aromatic heterocycles. The number of hydrogen-bond donors (Lipinski definition) is 2. The number of anilines is 3. The average Bonchev–Trinajstić information content (AvgIpc) is 3.12. The SMILES string of the molecule is Cc1nnc(NN=Cc2cc([N+](=O)[O-])c(N3CCC(C)CC3)cc2N2CCC(C)CC2)n1N.[Cl-]. The highest BCUT2D eigenvalue weighted by Crippen LogP contribution is 2.38. The molecule has 3 N–H and O–H groups in total. The number of nitrogens with one attached hydrogen (secondary N) is 1. The van der Waals surface area contributed by atoms with Gasteiger partial charge in [-0.2, -0.15) is 5.10 Å². The number of nitro benzene ring substituents is 1. The van der Waals surface area contributed by atoms with Crippen molar-refractivity contribution in [3.63, 3.8) is 0 Å². The topological polar surface area (TPSA) is 131 Å². The number of benzene rings is 1. The number of piperidine rings is 2. The van der Waals surface area contributed by atoms with Gasteiger partial charge in [0, 0.05) is 43.5 Å². The predicted octanol–water partition coefficient (Wildman–Crippen LogP) is 0.131. The van der Waals surface area contributed by atoms with Crippen LogP contribution in [0.2, 0.25) is 0 Å². The number of rotatable bonds is 6. The van der Waals surface area contributed by atoms with Gasteiger partial charge in [-0.25, -0.2) is 10.1 Å². The monoisotopic (exact) mass is 490 g/mol. The van der Waals surface area contributed by atoms with Gasteiger partial charge in [-0.3, -0.25) is 10.1 Å². The minimum atomic E-state index is -0.292. The van der Waals surface area contributed by atoms with Gasteiger partial charge in [0.2, 0.25) is 0 Å². The van der Waals surface area contributed by atoms with E-state index in [9.17, 15) is 10.1 Å². The Morgan fingerprint density at radius 3 is 2.12 bits per heavy atom.